The third-order valence-corrected chi connectivity index (χ3v) is 5.87. The number of aryl methyl sites for hydroxylation is 1. The van der Waals surface area contributed by atoms with Crippen LogP contribution >= 0.6 is 0 Å². The number of amides is 4. The lowest BCUT2D eigenvalue weighted by Crippen LogP contribution is -2.58. The van der Waals surface area contributed by atoms with E-state index in [-0.39, 0.29) is 30.4 Å². The van der Waals surface area contributed by atoms with Gasteiger partial charge in [0.2, 0.25) is 0 Å². The van der Waals surface area contributed by atoms with E-state index in [2.05, 4.69) is 0 Å². The van der Waals surface area contributed by atoms with Gasteiger partial charge in [-0.15, -0.1) is 0 Å². The van der Waals surface area contributed by atoms with E-state index >= 15 is 0 Å². The molecule has 0 N–H and O–H groups in total. The molecule has 7 nitrogen and oxygen atoms in total. The summed E-state index contributed by atoms with van der Waals surface area (Å²) in [6, 6.07) is 7.39. The summed E-state index contributed by atoms with van der Waals surface area (Å²) in [4.78, 5) is 43.3. The SMILES string of the molecule is CCN1C(=O)N(CC(C)C)C2(CCN(C(=O)COc3ccccc3C)CC2)C1=O. The Morgan fingerprint density at radius 2 is 1.83 bits per heavy atom. The van der Waals surface area contributed by atoms with Crippen molar-refractivity contribution in [3.05, 3.63) is 29.8 Å². The number of hydrogen-bond acceptors (Lipinski definition) is 4. The Labute approximate surface area is 172 Å². The van der Waals surface area contributed by atoms with E-state index < -0.39 is 5.54 Å². The second kappa shape index (κ2) is 8.43. The van der Waals surface area contributed by atoms with Crippen LogP contribution in [0.4, 0.5) is 4.79 Å². The molecule has 0 aliphatic carbocycles. The van der Waals surface area contributed by atoms with Crippen molar-refractivity contribution >= 4 is 17.8 Å². The number of urea groups is 1. The average Bonchev–Trinajstić information content (AvgIpc) is 2.88. The number of benzene rings is 1. The fourth-order valence-corrected chi connectivity index (χ4v) is 4.24. The van der Waals surface area contributed by atoms with Gasteiger partial charge in [-0.05, 0) is 44.2 Å². The standard InChI is InChI=1S/C22H31N3O4/c1-5-24-20(27)22(25(21(24)28)14-16(2)3)10-12-23(13-11-22)19(26)15-29-18-9-7-6-8-17(18)4/h6-9,16H,5,10-15H2,1-4H3. The average molecular weight is 402 g/mol. The minimum absolute atomic E-state index is 0.0263. The van der Waals surface area contributed by atoms with E-state index in [4.69, 9.17) is 4.74 Å². The highest BCUT2D eigenvalue weighted by atomic mass is 16.5. The number of likely N-dealkylation sites (tertiary alicyclic amines) is 1. The maximum Gasteiger partial charge on any atom is 0.327 e. The molecule has 0 atom stereocenters. The molecule has 2 aliphatic heterocycles. The van der Waals surface area contributed by atoms with E-state index in [1.54, 1.807) is 9.80 Å². The molecule has 2 heterocycles. The Kier molecular flexibility index (Phi) is 6.15. The van der Waals surface area contributed by atoms with Gasteiger partial charge >= 0.3 is 6.03 Å². The molecule has 0 aromatic heterocycles. The molecule has 7 heteroatoms. The maximum absolute atomic E-state index is 13.1. The van der Waals surface area contributed by atoms with E-state index in [0.717, 1.165) is 5.56 Å². The van der Waals surface area contributed by atoms with Crippen molar-refractivity contribution in [2.75, 3.05) is 32.8 Å². The van der Waals surface area contributed by atoms with Gasteiger partial charge in [-0.3, -0.25) is 14.5 Å². The van der Waals surface area contributed by atoms with E-state index in [9.17, 15) is 14.4 Å². The summed E-state index contributed by atoms with van der Waals surface area (Å²) in [7, 11) is 0. The maximum atomic E-state index is 13.1. The molecule has 158 valence electrons. The molecule has 0 unspecified atom stereocenters. The molecule has 1 aromatic carbocycles. The Balaban J connectivity index is 1.66. The molecule has 4 amide bonds. The highest BCUT2D eigenvalue weighted by Crippen LogP contribution is 2.37. The van der Waals surface area contributed by atoms with Crippen LogP contribution in [0, 0.1) is 12.8 Å². The number of carbonyl (C=O) groups excluding carboxylic acids is 3. The first-order valence-corrected chi connectivity index (χ1v) is 10.4. The molecule has 1 spiro atoms. The van der Waals surface area contributed by atoms with Crippen LogP contribution < -0.4 is 4.74 Å². The minimum atomic E-state index is -0.814. The second-order valence-electron chi connectivity index (χ2n) is 8.30. The van der Waals surface area contributed by atoms with Crippen LogP contribution in [0.25, 0.3) is 0 Å². The van der Waals surface area contributed by atoms with Gasteiger partial charge in [0, 0.05) is 26.2 Å². The van der Waals surface area contributed by atoms with Crippen LogP contribution in [-0.2, 0) is 9.59 Å². The van der Waals surface area contributed by atoms with Crippen molar-refractivity contribution in [1.29, 1.82) is 0 Å². The van der Waals surface area contributed by atoms with Crippen LogP contribution in [0.1, 0.15) is 39.2 Å². The van der Waals surface area contributed by atoms with Gasteiger partial charge in [-0.1, -0.05) is 32.0 Å². The third-order valence-electron chi connectivity index (χ3n) is 5.87. The fourth-order valence-electron chi connectivity index (χ4n) is 4.24. The van der Waals surface area contributed by atoms with Crippen molar-refractivity contribution < 1.29 is 19.1 Å². The van der Waals surface area contributed by atoms with Crippen LogP contribution in [0.15, 0.2) is 24.3 Å². The van der Waals surface area contributed by atoms with E-state index in [1.807, 2.05) is 52.0 Å². The summed E-state index contributed by atoms with van der Waals surface area (Å²) in [5, 5.41) is 0. The first-order valence-electron chi connectivity index (χ1n) is 10.4. The predicted molar refractivity (Wildman–Crippen MR) is 110 cm³/mol. The third kappa shape index (κ3) is 3.95. The zero-order valence-electron chi connectivity index (χ0n) is 17.8. The normalized spacial score (nSPS) is 18.9. The summed E-state index contributed by atoms with van der Waals surface area (Å²) in [5.74, 6) is 0.756. The molecule has 29 heavy (non-hydrogen) atoms. The highest BCUT2D eigenvalue weighted by Gasteiger charge is 2.57. The van der Waals surface area contributed by atoms with Gasteiger partial charge in [0.15, 0.2) is 6.61 Å². The predicted octanol–water partition coefficient (Wildman–Crippen LogP) is 2.68. The van der Waals surface area contributed by atoms with E-state index in [1.165, 1.54) is 4.90 Å². The lowest BCUT2D eigenvalue weighted by atomic mass is 9.85. The first kappa shape index (κ1) is 21.1. The van der Waals surface area contributed by atoms with Gasteiger partial charge in [0.05, 0.1) is 0 Å². The zero-order valence-corrected chi connectivity index (χ0v) is 17.8. The first-order chi connectivity index (χ1) is 13.8. The van der Waals surface area contributed by atoms with Gasteiger partial charge < -0.3 is 14.5 Å². The molecule has 0 saturated carbocycles. The second-order valence-corrected chi connectivity index (χ2v) is 8.30. The van der Waals surface area contributed by atoms with Crippen LogP contribution in [0.3, 0.4) is 0 Å². The van der Waals surface area contributed by atoms with Gasteiger partial charge in [-0.25, -0.2) is 4.79 Å². The number of nitrogens with zero attached hydrogens (tertiary/aromatic N) is 3. The number of hydrogen-bond donors (Lipinski definition) is 0. The van der Waals surface area contributed by atoms with Crippen LogP contribution in [0.2, 0.25) is 0 Å². The fraction of sp³-hybridized carbons (Fsp3) is 0.591. The Bertz CT molecular complexity index is 784. The molecule has 2 aliphatic rings. The number of piperidine rings is 1. The van der Waals surface area contributed by atoms with Gasteiger partial charge in [-0.2, -0.15) is 0 Å². The number of para-hydroxylation sites is 1. The lowest BCUT2D eigenvalue weighted by molar-refractivity contribution is -0.142. The number of rotatable bonds is 6. The number of likely N-dealkylation sites (N-methyl/N-ethyl adjacent to an activating group) is 1. The van der Waals surface area contributed by atoms with Gasteiger partial charge in [0.25, 0.3) is 11.8 Å². The highest BCUT2D eigenvalue weighted by molar-refractivity contribution is 6.07. The van der Waals surface area contributed by atoms with Crippen molar-refractivity contribution in [2.24, 2.45) is 5.92 Å². The number of ether oxygens (including phenoxy) is 1. The van der Waals surface area contributed by atoms with Crippen molar-refractivity contribution in [1.82, 2.24) is 14.7 Å². The summed E-state index contributed by atoms with van der Waals surface area (Å²) in [6.07, 6.45) is 0.938. The molecule has 3 rings (SSSR count). The lowest BCUT2D eigenvalue weighted by Gasteiger charge is -2.42. The summed E-state index contributed by atoms with van der Waals surface area (Å²) >= 11 is 0. The van der Waals surface area contributed by atoms with Crippen molar-refractivity contribution in [2.45, 2.75) is 46.1 Å². The quantitative estimate of drug-likeness (QED) is 0.687. The molecule has 2 fully saturated rings. The minimum Gasteiger partial charge on any atom is -0.484 e. The Morgan fingerprint density at radius 1 is 1.17 bits per heavy atom. The smallest absolute Gasteiger partial charge is 0.327 e. The van der Waals surface area contributed by atoms with Crippen molar-refractivity contribution in [3.63, 3.8) is 0 Å². The molecule has 2 saturated heterocycles. The Hall–Kier alpha value is -2.57. The molecule has 0 radical (unpaired) electrons. The monoisotopic (exact) mass is 401 g/mol. The summed E-state index contributed by atoms with van der Waals surface area (Å²) in [6.45, 7) is 9.64. The molecular weight excluding hydrogens is 370 g/mol. The molecule has 1 aromatic rings. The molecular formula is C22H31N3O4. The Morgan fingerprint density at radius 3 is 2.41 bits per heavy atom. The van der Waals surface area contributed by atoms with E-state index in [0.29, 0.717) is 44.8 Å². The number of imide groups is 1. The summed E-state index contributed by atoms with van der Waals surface area (Å²) < 4.78 is 5.68. The largest absolute Gasteiger partial charge is 0.484 e. The number of carbonyl (C=O) groups is 3. The van der Waals surface area contributed by atoms with Crippen molar-refractivity contribution in [3.8, 4) is 5.75 Å². The molecule has 0 bridgehead atoms. The topological polar surface area (TPSA) is 70.2 Å². The zero-order chi connectivity index (χ0) is 21.2. The van der Waals surface area contributed by atoms with Gasteiger partial charge in [0.1, 0.15) is 11.3 Å². The van der Waals surface area contributed by atoms with Crippen LogP contribution in [-0.4, -0.2) is 70.9 Å². The summed E-state index contributed by atoms with van der Waals surface area (Å²) in [5.41, 5.74) is 0.169. The van der Waals surface area contributed by atoms with Crippen LogP contribution in [0.5, 0.6) is 5.75 Å².